The summed E-state index contributed by atoms with van der Waals surface area (Å²) < 4.78 is 1.82. The van der Waals surface area contributed by atoms with Crippen LogP contribution in [0.3, 0.4) is 0 Å². The number of nitrogens with one attached hydrogen (secondary N) is 1. The summed E-state index contributed by atoms with van der Waals surface area (Å²) in [5, 5.41) is 4.95. The lowest BCUT2D eigenvalue weighted by Crippen LogP contribution is -2.44. The third kappa shape index (κ3) is 4.16. The highest BCUT2D eigenvalue weighted by molar-refractivity contribution is 7.99. The fourth-order valence-corrected chi connectivity index (χ4v) is 6.11. The van der Waals surface area contributed by atoms with Gasteiger partial charge in [0.05, 0.1) is 17.6 Å². The molecule has 0 unspecified atom stereocenters. The molecule has 0 bridgehead atoms. The molecule has 1 fully saturated rings. The molecule has 0 spiro atoms. The monoisotopic (exact) mass is 476 g/mol. The number of carbonyl (C=O) groups is 2. The molecular formula is C25H24N4O2S2. The van der Waals surface area contributed by atoms with Crippen molar-refractivity contribution in [2.45, 2.75) is 19.9 Å². The zero-order chi connectivity index (χ0) is 22.9. The van der Waals surface area contributed by atoms with Crippen LogP contribution < -0.4 is 5.32 Å². The van der Waals surface area contributed by atoms with Crippen molar-refractivity contribution in [2.24, 2.45) is 0 Å². The number of aromatic nitrogens is 2. The molecule has 2 aromatic heterocycles. The Bertz CT molecular complexity index is 1330. The molecule has 6 nitrogen and oxygen atoms in total. The Hall–Kier alpha value is -3.10. The molecule has 8 heteroatoms. The zero-order valence-corrected chi connectivity index (χ0v) is 20.1. The number of fused-ring (bicyclic) bond motifs is 1. The second-order valence-corrected chi connectivity index (χ2v) is 10.0. The molecule has 1 atom stereocenters. The number of thiazole rings is 1. The maximum absolute atomic E-state index is 13.6. The van der Waals surface area contributed by atoms with Gasteiger partial charge in [0, 0.05) is 29.4 Å². The van der Waals surface area contributed by atoms with Crippen molar-refractivity contribution < 1.29 is 9.59 Å². The summed E-state index contributed by atoms with van der Waals surface area (Å²) in [7, 11) is 0. The lowest BCUT2D eigenvalue weighted by Gasteiger charge is -2.25. The van der Waals surface area contributed by atoms with E-state index in [1.165, 1.54) is 16.9 Å². The summed E-state index contributed by atoms with van der Waals surface area (Å²) in [6.45, 7) is 4.30. The van der Waals surface area contributed by atoms with E-state index in [1.54, 1.807) is 11.8 Å². The van der Waals surface area contributed by atoms with E-state index in [1.807, 2.05) is 52.1 Å². The van der Waals surface area contributed by atoms with Gasteiger partial charge < -0.3 is 10.2 Å². The van der Waals surface area contributed by atoms with Gasteiger partial charge in [-0.05, 0) is 31.0 Å². The van der Waals surface area contributed by atoms with Gasteiger partial charge in [-0.3, -0.25) is 14.0 Å². The minimum Gasteiger partial charge on any atom is -0.349 e. The Kier molecular flexibility index (Phi) is 5.95. The topological polar surface area (TPSA) is 66.7 Å². The highest BCUT2D eigenvalue weighted by Crippen LogP contribution is 2.29. The van der Waals surface area contributed by atoms with E-state index in [9.17, 15) is 9.59 Å². The molecule has 2 amide bonds. The minimum atomic E-state index is -0.164. The second kappa shape index (κ2) is 9.03. The van der Waals surface area contributed by atoms with Crippen LogP contribution in [-0.4, -0.2) is 50.3 Å². The number of benzene rings is 2. The third-order valence-electron chi connectivity index (χ3n) is 5.91. The lowest BCUT2D eigenvalue weighted by atomic mass is 9.98. The van der Waals surface area contributed by atoms with Crippen LogP contribution in [0.15, 0.2) is 60.1 Å². The summed E-state index contributed by atoms with van der Waals surface area (Å²) in [6, 6.07) is 15.9. The van der Waals surface area contributed by atoms with Crippen LogP contribution in [0.1, 0.15) is 32.1 Å². The normalized spacial score (nSPS) is 15.8. The maximum atomic E-state index is 13.6. The van der Waals surface area contributed by atoms with Gasteiger partial charge in [-0.1, -0.05) is 48.0 Å². The van der Waals surface area contributed by atoms with Crippen LogP contribution >= 0.6 is 23.1 Å². The van der Waals surface area contributed by atoms with E-state index >= 15 is 0 Å². The standard InChI is InChI=1S/C25H24N4O2S2/c1-16-7-9-18(10-8-16)20-5-3-4-6-21(20)24(31)29-15-32-14-19(29)13-26-23(30)22-17(2)27-25-28(22)11-12-33-25/h3-12,19H,13-15H2,1-2H3,(H,26,30)/t19-/m1/s1. The maximum Gasteiger partial charge on any atom is 0.270 e. The van der Waals surface area contributed by atoms with Crippen LogP contribution in [0.5, 0.6) is 0 Å². The molecule has 33 heavy (non-hydrogen) atoms. The van der Waals surface area contributed by atoms with Crippen molar-refractivity contribution in [3.8, 4) is 11.1 Å². The van der Waals surface area contributed by atoms with Gasteiger partial charge in [0.25, 0.3) is 11.8 Å². The van der Waals surface area contributed by atoms with E-state index in [0.717, 1.165) is 21.8 Å². The summed E-state index contributed by atoms with van der Waals surface area (Å²) in [6.07, 6.45) is 1.86. The molecule has 0 saturated carbocycles. The van der Waals surface area contributed by atoms with Crippen molar-refractivity contribution in [2.75, 3.05) is 18.2 Å². The van der Waals surface area contributed by atoms with E-state index in [0.29, 0.717) is 29.4 Å². The quantitative estimate of drug-likeness (QED) is 0.456. The first-order valence-corrected chi connectivity index (χ1v) is 12.8. The number of carbonyl (C=O) groups excluding carboxylic acids is 2. The lowest BCUT2D eigenvalue weighted by molar-refractivity contribution is 0.0736. The van der Waals surface area contributed by atoms with Crippen LogP contribution in [0.2, 0.25) is 0 Å². The first-order chi connectivity index (χ1) is 16.0. The zero-order valence-electron chi connectivity index (χ0n) is 18.4. The molecule has 168 valence electrons. The molecule has 3 heterocycles. The fraction of sp³-hybridized carbons (Fsp3) is 0.240. The van der Waals surface area contributed by atoms with Gasteiger partial charge in [-0.15, -0.1) is 23.1 Å². The van der Waals surface area contributed by atoms with E-state index in [4.69, 9.17) is 0 Å². The van der Waals surface area contributed by atoms with E-state index in [-0.39, 0.29) is 17.9 Å². The molecule has 0 aliphatic carbocycles. The van der Waals surface area contributed by atoms with Crippen molar-refractivity contribution >= 4 is 39.9 Å². The molecule has 1 saturated heterocycles. The van der Waals surface area contributed by atoms with E-state index < -0.39 is 0 Å². The SMILES string of the molecule is Cc1ccc(-c2ccccc2C(=O)N2CSC[C@H]2CNC(=O)c2c(C)nc3sccn23)cc1. The molecule has 1 aliphatic rings. The van der Waals surface area contributed by atoms with Crippen LogP contribution in [-0.2, 0) is 0 Å². The largest absolute Gasteiger partial charge is 0.349 e. The number of aryl methyl sites for hydroxylation is 2. The Morgan fingerprint density at radius 2 is 1.91 bits per heavy atom. The molecule has 0 radical (unpaired) electrons. The Labute approximate surface area is 200 Å². The first kappa shape index (κ1) is 21.7. The van der Waals surface area contributed by atoms with Crippen LogP contribution in [0.4, 0.5) is 0 Å². The summed E-state index contributed by atoms with van der Waals surface area (Å²) in [5.74, 6) is 1.24. The molecule has 1 N–H and O–H groups in total. The molecule has 4 aromatic rings. The number of amides is 2. The fourth-order valence-electron chi connectivity index (χ4n) is 4.15. The molecular weight excluding hydrogens is 452 g/mol. The number of nitrogens with zero attached hydrogens (tertiary/aromatic N) is 3. The van der Waals surface area contributed by atoms with Crippen molar-refractivity contribution in [1.29, 1.82) is 0 Å². The smallest absolute Gasteiger partial charge is 0.270 e. The summed E-state index contributed by atoms with van der Waals surface area (Å²) >= 11 is 3.21. The van der Waals surface area contributed by atoms with Gasteiger partial charge in [0.1, 0.15) is 5.69 Å². The summed E-state index contributed by atoms with van der Waals surface area (Å²) in [4.78, 5) is 33.6. The molecule has 2 aromatic carbocycles. The number of rotatable bonds is 5. The Morgan fingerprint density at radius 3 is 2.73 bits per heavy atom. The Balaban J connectivity index is 1.34. The van der Waals surface area contributed by atoms with Gasteiger partial charge in [0.2, 0.25) is 0 Å². The van der Waals surface area contributed by atoms with Crippen LogP contribution in [0.25, 0.3) is 16.1 Å². The number of hydrogen-bond acceptors (Lipinski definition) is 5. The predicted molar refractivity (Wildman–Crippen MR) is 134 cm³/mol. The Morgan fingerprint density at radius 1 is 1.12 bits per heavy atom. The van der Waals surface area contributed by atoms with Crippen molar-refractivity contribution in [3.63, 3.8) is 0 Å². The number of imidazole rings is 1. The van der Waals surface area contributed by atoms with Crippen molar-refractivity contribution in [1.82, 2.24) is 19.6 Å². The highest BCUT2D eigenvalue weighted by atomic mass is 32.2. The molecule has 1 aliphatic heterocycles. The van der Waals surface area contributed by atoms with Gasteiger partial charge >= 0.3 is 0 Å². The number of thioether (sulfide) groups is 1. The second-order valence-electron chi connectivity index (χ2n) is 8.15. The van der Waals surface area contributed by atoms with Gasteiger partial charge in [-0.2, -0.15) is 0 Å². The number of hydrogen-bond donors (Lipinski definition) is 1. The third-order valence-corrected chi connectivity index (χ3v) is 7.75. The predicted octanol–water partition coefficient (Wildman–Crippen LogP) is 4.62. The minimum absolute atomic E-state index is 0.00353. The first-order valence-electron chi connectivity index (χ1n) is 10.8. The van der Waals surface area contributed by atoms with E-state index in [2.05, 4.69) is 41.5 Å². The average molecular weight is 477 g/mol. The van der Waals surface area contributed by atoms with Crippen molar-refractivity contribution in [3.05, 3.63) is 82.6 Å². The average Bonchev–Trinajstić information content (AvgIpc) is 3.53. The van der Waals surface area contributed by atoms with Gasteiger partial charge in [0.15, 0.2) is 4.96 Å². The van der Waals surface area contributed by atoms with Crippen LogP contribution in [0, 0.1) is 13.8 Å². The molecule has 5 rings (SSSR count). The van der Waals surface area contributed by atoms with Gasteiger partial charge in [-0.25, -0.2) is 4.98 Å². The highest BCUT2D eigenvalue weighted by Gasteiger charge is 2.31. The summed E-state index contributed by atoms with van der Waals surface area (Å²) in [5.41, 5.74) is 5.09.